The van der Waals surface area contributed by atoms with Crippen LogP contribution in [-0.4, -0.2) is 31.7 Å². The van der Waals surface area contributed by atoms with E-state index in [0.29, 0.717) is 5.92 Å². The highest BCUT2D eigenvalue weighted by Crippen LogP contribution is 2.21. The van der Waals surface area contributed by atoms with Crippen LogP contribution in [0, 0.1) is 5.92 Å². The van der Waals surface area contributed by atoms with Crippen LogP contribution < -0.4 is 0 Å². The highest BCUT2D eigenvalue weighted by atomic mass is 16.5. The minimum atomic E-state index is 0.547. The van der Waals surface area contributed by atoms with Crippen molar-refractivity contribution in [2.24, 2.45) is 5.92 Å². The van der Waals surface area contributed by atoms with Crippen molar-refractivity contribution in [1.82, 2.24) is 4.90 Å². The van der Waals surface area contributed by atoms with Crippen LogP contribution in [-0.2, 0) is 4.74 Å². The molecule has 1 aliphatic rings. The van der Waals surface area contributed by atoms with Crippen molar-refractivity contribution in [3.05, 3.63) is 11.8 Å². The number of methoxy groups -OCH3 is 1. The van der Waals surface area contributed by atoms with E-state index in [1.165, 1.54) is 25.1 Å². The molecular formula is C11H21NO. The highest BCUT2D eigenvalue weighted by molar-refractivity contribution is 5.07. The zero-order chi connectivity index (χ0) is 9.68. The summed E-state index contributed by atoms with van der Waals surface area (Å²) in [7, 11) is 1.77. The predicted octanol–water partition coefficient (Wildman–Crippen LogP) is 2.27. The van der Waals surface area contributed by atoms with Gasteiger partial charge >= 0.3 is 0 Å². The molecule has 0 saturated heterocycles. The second-order valence-electron chi connectivity index (χ2n) is 3.71. The summed E-state index contributed by atoms with van der Waals surface area (Å²) < 4.78 is 5.18. The van der Waals surface area contributed by atoms with E-state index in [4.69, 9.17) is 4.74 Å². The first-order valence-electron chi connectivity index (χ1n) is 5.23. The standard InChI is InChI=1S/C11H21NO/c1-4-12-8-6-5-7-11(12)10(2)9-13-3/h7,10H,4-6,8-9H2,1-3H3/t10-/m0/s1. The molecule has 2 nitrogen and oxygen atoms in total. The molecular weight excluding hydrogens is 162 g/mol. The van der Waals surface area contributed by atoms with Crippen LogP contribution in [0.15, 0.2) is 11.8 Å². The molecule has 0 saturated carbocycles. The van der Waals surface area contributed by atoms with E-state index in [1.807, 2.05) is 0 Å². The second-order valence-corrected chi connectivity index (χ2v) is 3.71. The van der Waals surface area contributed by atoms with Crippen LogP contribution in [0.25, 0.3) is 0 Å². The van der Waals surface area contributed by atoms with E-state index in [9.17, 15) is 0 Å². The Balaban J connectivity index is 2.57. The molecule has 0 aromatic rings. The molecule has 1 atom stereocenters. The van der Waals surface area contributed by atoms with Gasteiger partial charge in [-0.1, -0.05) is 13.0 Å². The topological polar surface area (TPSA) is 12.5 Å². The first kappa shape index (κ1) is 10.6. The normalized spacial score (nSPS) is 19.9. The third-order valence-electron chi connectivity index (χ3n) is 2.65. The van der Waals surface area contributed by atoms with Gasteiger partial charge in [-0.05, 0) is 19.8 Å². The predicted molar refractivity (Wildman–Crippen MR) is 55.6 cm³/mol. The Morgan fingerprint density at radius 1 is 1.62 bits per heavy atom. The SMILES string of the molecule is CCN1CCCC=C1[C@@H](C)COC. The molecule has 0 unspecified atom stereocenters. The van der Waals surface area contributed by atoms with Gasteiger partial charge in [0.15, 0.2) is 0 Å². The van der Waals surface area contributed by atoms with Crippen LogP contribution in [0.1, 0.15) is 26.7 Å². The number of hydrogen-bond acceptors (Lipinski definition) is 2. The second kappa shape index (κ2) is 5.28. The number of nitrogens with zero attached hydrogens (tertiary/aromatic N) is 1. The van der Waals surface area contributed by atoms with E-state index in [1.54, 1.807) is 7.11 Å². The number of ether oxygens (including phenoxy) is 1. The molecule has 0 fully saturated rings. The van der Waals surface area contributed by atoms with Crippen molar-refractivity contribution < 1.29 is 4.74 Å². The van der Waals surface area contributed by atoms with Crippen molar-refractivity contribution in [2.45, 2.75) is 26.7 Å². The summed E-state index contributed by atoms with van der Waals surface area (Å²) in [6.07, 6.45) is 4.91. The molecule has 0 aliphatic carbocycles. The lowest BCUT2D eigenvalue weighted by Crippen LogP contribution is -2.31. The van der Waals surface area contributed by atoms with Crippen LogP contribution in [0.2, 0.25) is 0 Å². The molecule has 76 valence electrons. The molecule has 13 heavy (non-hydrogen) atoms. The molecule has 1 aliphatic heterocycles. The van der Waals surface area contributed by atoms with E-state index in [2.05, 4.69) is 24.8 Å². The van der Waals surface area contributed by atoms with Crippen molar-refractivity contribution in [2.75, 3.05) is 26.8 Å². The largest absolute Gasteiger partial charge is 0.384 e. The van der Waals surface area contributed by atoms with Gasteiger partial charge in [0.2, 0.25) is 0 Å². The Kier molecular flexibility index (Phi) is 4.29. The van der Waals surface area contributed by atoms with Gasteiger partial charge < -0.3 is 9.64 Å². The third kappa shape index (κ3) is 2.73. The Labute approximate surface area is 81.6 Å². The van der Waals surface area contributed by atoms with Gasteiger partial charge in [-0.15, -0.1) is 0 Å². The average molecular weight is 183 g/mol. The summed E-state index contributed by atoms with van der Waals surface area (Å²) in [5, 5.41) is 0. The van der Waals surface area contributed by atoms with E-state index >= 15 is 0 Å². The van der Waals surface area contributed by atoms with Gasteiger partial charge in [0.05, 0.1) is 6.61 Å². The summed E-state index contributed by atoms with van der Waals surface area (Å²) in [6, 6.07) is 0. The fourth-order valence-electron chi connectivity index (χ4n) is 1.98. The molecule has 0 aromatic heterocycles. The minimum Gasteiger partial charge on any atom is -0.384 e. The Morgan fingerprint density at radius 3 is 3.00 bits per heavy atom. The van der Waals surface area contributed by atoms with Crippen LogP contribution in [0.5, 0.6) is 0 Å². The lowest BCUT2D eigenvalue weighted by atomic mass is 10.0. The Hall–Kier alpha value is -0.500. The molecule has 0 spiro atoms. The van der Waals surface area contributed by atoms with Crippen LogP contribution >= 0.6 is 0 Å². The summed E-state index contributed by atoms with van der Waals surface area (Å²) in [6.45, 7) is 7.64. The van der Waals surface area contributed by atoms with Gasteiger partial charge in [-0.2, -0.15) is 0 Å². The van der Waals surface area contributed by atoms with Crippen LogP contribution in [0.4, 0.5) is 0 Å². The monoisotopic (exact) mass is 183 g/mol. The highest BCUT2D eigenvalue weighted by Gasteiger charge is 2.17. The minimum absolute atomic E-state index is 0.547. The van der Waals surface area contributed by atoms with E-state index in [-0.39, 0.29) is 0 Å². The molecule has 1 rings (SSSR count). The summed E-state index contributed by atoms with van der Waals surface area (Å²) in [5.74, 6) is 0.547. The third-order valence-corrected chi connectivity index (χ3v) is 2.65. The quantitative estimate of drug-likeness (QED) is 0.663. The molecule has 0 aromatic carbocycles. The zero-order valence-electron chi connectivity index (χ0n) is 9.05. The van der Waals surface area contributed by atoms with Crippen LogP contribution in [0.3, 0.4) is 0 Å². The van der Waals surface area contributed by atoms with Crippen molar-refractivity contribution >= 4 is 0 Å². The van der Waals surface area contributed by atoms with Crippen molar-refractivity contribution in [3.63, 3.8) is 0 Å². The maximum atomic E-state index is 5.18. The van der Waals surface area contributed by atoms with Gasteiger partial charge in [0.25, 0.3) is 0 Å². The molecule has 2 heteroatoms. The van der Waals surface area contributed by atoms with Gasteiger partial charge in [0, 0.05) is 31.8 Å². The number of hydrogen-bond donors (Lipinski definition) is 0. The fourth-order valence-corrected chi connectivity index (χ4v) is 1.98. The summed E-state index contributed by atoms with van der Waals surface area (Å²) in [5.41, 5.74) is 1.48. The lowest BCUT2D eigenvalue weighted by Gasteiger charge is -2.32. The first-order valence-corrected chi connectivity index (χ1v) is 5.23. The molecule has 0 N–H and O–H groups in total. The van der Waals surface area contributed by atoms with Gasteiger partial charge in [0.1, 0.15) is 0 Å². The average Bonchev–Trinajstić information content (AvgIpc) is 2.18. The van der Waals surface area contributed by atoms with Crippen molar-refractivity contribution in [1.29, 1.82) is 0 Å². The number of allylic oxidation sites excluding steroid dienone is 1. The molecule has 1 heterocycles. The fraction of sp³-hybridized carbons (Fsp3) is 0.818. The van der Waals surface area contributed by atoms with E-state index in [0.717, 1.165) is 13.2 Å². The van der Waals surface area contributed by atoms with Gasteiger partial charge in [-0.25, -0.2) is 0 Å². The zero-order valence-corrected chi connectivity index (χ0v) is 9.05. The molecule has 0 amide bonds. The first-order chi connectivity index (χ1) is 6.29. The maximum Gasteiger partial charge on any atom is 0.0542 e. The smallest absolute Gasteiger partial charge is 0.0542 e. The summed E-state index contributed by atoms with van der Waals surface area (Å²) in [4.78, 5) is 2.47. The molecule has 0 bridgehead atoms. The lowest BCUT2D eigenvalue weighted by molar-refractivity contribution is 0.153. The van der Waals surface area contributed by atoms with Gasteiger partial charge in [-0.3, -0.25) is 0 Å². The summed E-state index contributed by atoms with van der Waals surface area (Å²) >= 11 is 0. The number of rotatable bonds is 4. The Bertz CT molecular complexity index is 177. The Morgan fingerprint density at radius 2 is 2.38 bits per heavy atom. The van der Waals surface area contributed by atoms with E-state index < -0.39 is 0 Å². The maximum absolute atomic E-state index is 5.18. The van der Waals surface area contributed by atoms with Crippen molar-refractivity contribution in [3.8, 4) is 0 Å². The molecule has 0 radical (unpaired) electrons.